The summed E-state index contributed by atoms with van der Waals surface area (Å²) in [6.45, 7) is 1.07. The Morgan fingerprint density at radius 1 is 1.36 bits per heavy atom. The molecule has 0 saturated heterocycles. The molecule has 1 aromatic heterocycles. The molecular weight excluding hydrogens is 174 g/mol. The van der Waals surface area contributed by atoms with Gasteiger partial charge in [0.2, 0.25) is 0 Å². The highest BCUT2D eigenvalue weighted by Crippen LogP contribution is 2.24. The summed E-state index contributed by atoms with van der Waals surface area (Å²) < 4.78 is 0. The van der Waals surface area contributed by atoms with Gasteiger partial charge in [-0.15, -0.1) is 0 Å². The Morgan fingerprint density at radius 2 is 2.14 bits per heavy atom. The van der Waals surface area contributed by atoms with Crippen molar-refractivity contribution in [2.24, 2.45) is 5.92 Å². The van der Waals surface area contributed by atoms with Gasteiger partial charge in [-0.2, -0.15) is 0 Å². The van der Waals surface area contributed by atoms with E-state index in [1.165, 1.54) is 25.7 Å². The molecule has 0 radical (unpaired) electrons. The van der Waals surface area contributed by atoms with E-state index in [-0.39, 0.29) is 0 Å². The zero-order valence-electron chi connectivity index (χ0n) is 8.37. The molecule has 2 rings (SSSR count). The SMILES string of the molecule is Nc1ccc(NCC2CCCC2)cn1. The molecule has 0 spiro atoms. The topological polar surface area (TPSA) is 50.9 Å². The number of nitrogens with zero attached hydrogens (tertiary/aromatic N) is 1. The van der Waals surface area contributed by atoms with Crippen LogP contribution in [0.3, 0.4) is 0 Å². The number of anilines is 2. The molecule has 1 fully saturated rings. The van der Waals surface area contributed by atoms with Crippen molar-refractivity contribution in [3.8, 4) is 0 Å². The first-order valence-corrected chi connectivity index (χ1v) is 5.30. The number of hydrogen-bond acceptors (Lipinski definition) is 3. The van der Waals surface area contributed by atoms with E-state index >= 15 is 0 Å². The van der Waals surface area contributed by atoms with Crippen molar-refractivity contribution in [3.63, 3.8) is 0 Å². The molecule has 14 heavy (non-hydrogen) atoms. The van der Waals surface area contributed by atoms with E-state index in [9.17, 15) is 0 Å². The van der Waals surface area contributed by atoms with Crippen molar-refractivity contribution in [3.05, 3.63) is 18.3 Å². The molecule has 0 amide bonds. The van der Waals surface area contributed by atoms with Gasteiger partial charge in [0.05, 0.1) is 11.9 Å². The van der Waals surface area contributed by atoms with Gasteiger partial charge >= 0.3 is 0 Å². The minimum absolute atomic E-state index is 0.580. The lowest BCUT2D eigenvalue weighted by atomic mass is 10.1. The summed E-state index contributed by atoms with van der Waals surface area (Å²) in [5, 5.41) is 3.40. The summed E-state index contributed by atoms with van der Waals surface area (Å²) in [7, 11) is 0. The molecule has 1 heterocycles. The van der Waals surface area contributed by atoms with Crippen LogP contribution in [0.1, 0.15) is 25.7 Å². The fraction of sp³-hybridized carbons (Fsp3) is 0.545. The third-order valence-electron chi connectivity index (χ3n) is 2.86. The predicted molar refractivity (Wildman–Crippen MR) is 59.1 cm³/mol. The molecule has 3 N–H and O–H groups in total. The summed E-state index contributed by atoms with van der Waals surface area (Å²) >= 11 is 0. The van der Waals surface area contributed by atoms with E-state index in [0.29, 0.717) is 5.82 Å². The van der Waals surface area contributed by atoms with Crippen LogP contribution in [0.15, 0.2) is 18.3 Å². The maximum atomic E-state index is 5.51. The van der Waals surface area contributed by atoms with Crippen molar-refractivity contribution < 1.29 is 0 Å². The summed E-state index contributed by atoms with van der Waals surface area (Å²) in [5.41, 5.74) is 6.58. The Bertz CT molecular complexity index is 275. The standard InChI is InChI=1S/C11H17N3/c12-11-6-5-10(8-14-11)13-7-9-3-1-2-4-9/h5-6,8-9,13H,1-4,7H2,(H2,12,14). The number of aromatic nitrogens is 1. The van der Waals surface area contributed by atoms with Gasteiger partial charge in [-0.1, -0.05) is 12.8 Å². The Balaban J connectivity index is 1.82. The molecule has 1 aromatic rings. The third-order valence-corrected chi connectivity index (χ3v) is 2.86. The molecule has 0 aliphatic heterocycles. The van der Waals surface area contributed by atoms with Crippen molar-refractivity contribution >= 4 is 11.5 Å². The smallest absolute Gasteiger partial charge is 0.123 e. The number of nitrogens with two attached hydrogens (primary N) is 1. The molecule has 1 aliphatic carbocycles. The number of rotatable bonds is 3. The fourth-order valence-corrected chi connectivity index (χ4v) is 1.99. The highest BCUT2D eigenvalue weighted by atomic mass is 14.9. The maximum absolute atomic E-state index is 5.51. The van der Waals surface area contributed by atoms with Gasteiger partial charge in [0.1, 0.15) is 5.82 Å². The second-order valence-corrected chi connectivity index (χ2v) is 4.00. The molecule has 1 saturated carbocycles. The van der Waals surface area contributed by atoms with E-state index in [0.717, 1.165) is 18.2 Å². The van der Waals surface area contributed by atoms with Crippen molar-refractivity contribution in [1.29, 1.82) is 0 Å². The lowest BCUT2D eigenvalue weighted by molar-refractivity contribution is 0.580. The van der Waals surface area contributed by atoms with Gasteiger partial charge in [-0.25, -0.2) is 4.98 Å². The van der Waals surface area contributed by atoms with Crippen LogP contribution in [0.2, 0.25) is 0 Å². The minimum Gasteiger partial charge on any atom is -0.384 e. The Morgan fingerprint density at radius 3 is 2.79 bits per heavy atom. The number of pyridine rings is 1. The summed E-state index contributed by atoms with van der Waals surface area (Å²) in [4.78, 5) is 4.04. The number of nitrogen functional groups attached to an aromatic ring is 1. The highest BCUT2D eigenvalue weighted by Gasteiger charge is 2.14. The van der Waals surface area contributed by atoms with Crippen LogP contribution in [0.25, 0.3) is 0 Å². The van der Waals surface area contributed by atoms with Crippen LogP contribution >= 0.6 is 0 Å². The molecule has 76 valence electrons. The lowest BCUT2D eigenvalue weighted by Crippen LogP contribution is -2.11. The normalized spacial score (nSPS) is 17.1. The van der Waals surface area contributed by atoms with Crippen LogP contribution in [-0.2, 0) is 0 Å². The van der Waals surface area contributed by atoms with Gasteiger partial charge in [0, 0.05) is 6.54 Å². The van der Waals surface area contributed by atoms with Crippen molar-refractivity contribution in [2.75, 3.05) is 17.6 Å². The van der Waals surface area contributed by atoms with Crippen LogP contribution in [0, 0.1) is 5.92 Å². The minimum atomic E-state index is 0.580. The van der Waals surface area contributed by atoms with Crippen LogP contribution < -0.4 is 11.1 Å². The van der Waals surface area contributed by atoms with E-state index in [4.69, 9.17) is 5.73 Å². The van der Waals surface area contributed by atoms with Crippen LogP contribution in [-0.4, -0.2) is 11.5 Å². The zero-order valence-corrected chi connectivity index (χ0v) is 8.37. The molecule has 0 atom stereocenters. The van der Waals surface area contributed by atoms with E-state index < -0.39 is 0 Å². The monoisotopic (exact) mass is 191 g/mol. The second-order valence-electron chi connectivity index (χ2n) is 4.00. The molecular formula is C11H17N3. The first-order chi connectivity index (χ1) is 6.84. The van der Waals surface area contributed by atoms with Crippen LogP contribution in [0.5, 0.6) is 0 Å². The van der Waals surface area contributed by atoms with Gasteiger partial charge in [-0.05, 0) is 30.9 Å². The summed E-state index contributed by atoms with van der Waals surface area (Å²) in [6.07, 6.45) is 7.33. The van der Waals surface area contributed by atoms with E-state index in [1.807, 2.05) is 12.1 Å². The molecule has 0 aromatic carbocycles. The third kappa shape index (κ3) is 2.37. The maximum Gasteiger partial charge on any atom is 0.123 e. The molecule has 0 bridgehead atoms. The summed E-state index contributed by atoms with van der Waals surface area (Å²) in [6, 6.07) is 3.81. The zero-order chi connectivity index (χ0) is 9.80. The van der Waals surface area contributed by atoms with Crippen molar-refractivity contribution in [1.82, 2.24) is 4.98 Å². The van der Waals surface area contributed by atoms with Gasteiger partial charge in [-0.3, -0.25) is 0 Å². The average molecular weight is 191 g/mol. The van der Waals surface area contributed by atoms with E-state index in [1.54, 1.807) is 6.20 Å². The Hall–Kier alpha value is -1.25. The molecule has 0 unspecified atom stereocenters. The quantitative estimate of drug-likeness (QED) is 0.770. The van der Waals surface area contributed by atoms with Gasteiger partial charge in [0.15, 0.2) is 0 Å². The largest absolute Gasteiger partial charge is 0.384 e. The first-order valence-electron chi connectivity index (χ1n) is 5.30. The van der Waals surface area contributed by atoms with Crippen molar-refractivity contribution in [2.45, 2.75) is 25.7 Å². The number of nitrogens with one attached hydrogen (secondary N) is 1. The molecule has 3 nitrogen and oxygen atoms in total. The Kier molecular flexibility index (Phi) is 2.87. The second kappa shape index (κ2) is 4.31. The molecule has 1 aliphatic rings. The van der Waals surface area contributed by atoms with Crippen LogP contribution in [0.4, 0.5) is 11.5 Å². The predicted octanol–water partition coefficient (Wildman–Crippen LogP) is 2.27. The summed E-state index contributed by atoms with van der Waals surface area (Å²) in [5.74, 6) is 1.43. The Labute approximate surface area is 84.7 Å². The number of hydrogen-bond donors (Lipinski definition) is 2. The first kappa shape index (κ1) is 9.31. The molecule has 3 heteroatoms. The lowest BCUT2D eigenvalue weighted by Gasteiger charge is -2.11. The van der Waals surface area contributed by atoms with Gasteiger partial charge in [0.25, 0.3) is 0 Å². The highest BCUT2D eigenvalue weighted by molar-refractivity contribution is 5.45. The van der Waals surface area contributed by atoms with E-state index in [2.05, 4.69) is 10.3 Å². The fourth-order valence-electron chi connectivity index (χ4n) is 1.99. The van der Waals surface area contributed by atoms with Gasteiger partial charge < -0.3 is 11.1 Å². The average Bonchev–Trinajstić information content (AvgIpc) is 2.70.